The van der Waals surface area contributed by atoms with Crippen LogP contribution in [0.15, 0.2) is 51.3 Å². The molecule has 2 fully saturated rings. The van der Waals surface area contributed by atoms with Crippen molar-refractivity contribution in [2.45, 2.75) is 48.8 Å². The largest absolute Gasteiger partial charge is 0.461 e. The zero-order chi connectivity index (χ0) is 19.1. The first kappa shape index (κ1) is 17.5. The molecule has 3 aromatic rings. The molecular weight excluding hydrogens is 370 g/mol. The van der Waals surface area contributed by atoms with Crippen LogP contribution in [0, 0.1) is 29.1 Å². The molecule has 5 rings (SSSR count). The average Bonchev–Trinajstić information content (AvgIpc) is 3.51. The Kier molecular flexibility index (Phi) is 4.44. The minimum Gasteiger partial charge on any atom is -0.461 e. The normalized spacial score (nSPS) is 24.4. The number of furan rings is 1. The Morgan fingerprint density at radius 2 is 2.18 bits per heavy atom. The van der Waals surface area contributed by atoms with E-state index in [-0.39, 0.29) is 0 Å². The topological polar surface area (TPSA) is 80.5 Å². The number of fused-ring (bicyclic) bond motifs is 2. The van der Waals surface area contributed by atoms with Crippen LogP contribution in [-0.4, -0.2) is 19.7 Å². The summed E-state index contributed by atoms with van der Waals surface area (Å²) in [5.41, 5.74) is 0.553. The van der Waals surface area contributed by atoms with Crippen molar-refractivity contribution in [3.05, 3.63) is 42.3 Å². The van der Waals surface area contributed by atoms with Gasteiger partial charge in [0.1, 0.15) is 11.1 Å². The van der Waals surface area contributed by atoms with E-state index in [4.69, 9.17) is 9.68 Å². The monoisotopic (exact) mass is 391 g/mol. The molecule has 0 aliphatic heterocycles. The van der Waals surface area contributed by atoms with Crippen molar-refractivity contribution in [3.63, 3.8) is 0 Å². The van der Waals surface area contributed by atoms with Gasteiger partial charge < -0.3 is 4.42 Å². The molecule has 0 radical (unpaired) electrons. The highest BCUT2D eigenvalue weighted by Crippen LogP contribution is 2.53. The Morgan fingerprint density at radius 3 is 2.82 bits per heavy atom. The number of hydrogen-bond donors (Lipinski definition) is 0. The molecule has 6 nitrogen and oxygen atoms in total. The van der Waals surface area contributed by atoms with Crippen LogP contribution in [0.5, 0.6) is 0 Å². The first-order valence-electron chi connectivity index (χ1n) is 9.75. The lowest BCUT2D eigenvalue weighted by Crippen LogP contribution is -2.23. The predicted molar refractivity (Wildman–Crippen MR) is 104 cm³/mol. The third kappa shape index (κ3) is 3.02. The van der Waals surface area contributed by atoms with E-state index in [2.05, 4.69) is 32.7 Å². The van der Waals surface area contributed by atoms with E-state index in [0.29, 0.717) is 17.5 Å². The van der Waals surface area contributed by atoms with Gasteiger partial charge in [-0.1, -0.05) is 6.42 Å². The minimum atomic E-state index is 0.297. The van der Waals surface area contributed by atoms with Crippen LogP contribution < -0.4 is 0 Å². The summed E-state index contributed by atoms with van der Waals surface area (Å²) in [7, 11) is 0. The van der Waals surface area contributed by atoms with Crippen molar-refractivity contribution in [3.8, 4) is 17.7 Å². The van der Waals surface area contributed by atoms with Crippen LogP contribution in [0.3, 0.4) is 0 Å². The van der Waals surface area contributed by atoms with Gasteiger partial charge in [-0.2, -0.15) is 5.26 Å². The third-order valence-electron chi connectivity index (χ3n) is 6.29. The lowest BCUT2D eigenvalue weighted by molar-refractivity contribution is 0.235. The van der Waals surface area contributed by atoms with Gasteiger partial charge >= 0.3 is 0 Å². The molecule has 142 valence electrons. The highest BCUT2D eigenvalue weighted by atomic mass is 32.2. The molecular formula is C21H21N5OS. The quantitative estimate of drug-likeness (QED) is 0.612. The number of rotatable bonds is 5. The standard InChI is InChI=1S/C21H21N5OS/c1-13(17-10-14-4-6-16(17)9-14)26-20(18-3-2-8-27-18)24-25-21(26)28-19-7-5-15(11-22)12-23-19/h2-3,5,7-8,12-14,16-17H,4,6,9-10H2,1H3. The van der Waals surface area contributed by atoms with Gasteiger partial charge in [-0.25, -0.2) is 4.98 Å². The van der Waals surface area contributed by atoms with Gasteiger partial charge in [0.25, 0.3) is 0 Å². The first-order valence-corrected chi connectivity index (χ1v) is 10.6. The van der Waals surface area contributed by atoms with E-state index in [1.165, 1.54) is 37.4 Å². The van der Waals surface area contributed by atoms with E-state index in [1.54, 1.807) is 18.5 Å². The number of pyridine rings is 1. The Balaban J connectivity index is 1.51. The molecule has 28 heavy (non-hydrogen) atoms. The van der Waals surface area contributed by atoms with E-state index in [1.807, 2.05) is 18.2 Å². The summed E-state index contributed by atoms with van der Waals surface area (Å²) in [6.45, 7) is 2.29. The molecule has 0 spiro atoms. The molecule has 7 heteroatoms. The van der Waals surface area contributed by atoms with Crippen molar-refractivity contribution in [2.24, 2.45) is 17.8 Å². The molecule has 4 atom stereocenters. The summed E-state index contributed by atoms with van der Waals surface area (Å²) in [5.74, 6) is 3.85. The van der Waals surface area contributed by atoms with E-state index >= 15 is 0 Å². The van der Waals surface area contributed by atoms with Gasteiger partial charge in [0.15, 0.2) is 10.9 Å². The van der Waals surface area contributed by atoms with Crippen LogP contribution in [0.2, 0.25) is 0 Å². The fraction of sp³-hybridized carbons (Fsp3) is 0.429. The second-order valence-electron chi connectivity index (χ2n) is 7.83. The first-order chi connectivity index (χ1) is 13.7. The highest BCUT2D eigenvalue weighted by Gasteiger charge is 2.43. The summed E-state index contributed by atoms with van der Waals surface area (Å²) in [4.78, 5) is 4.39. The van der Waals surface area contributed by atoms with Crippen LogP contribution in [-0.2, 0) is 0 Å². The van der Waals surface area contributed by atoms with Crippen LogP contribution in [0.4, 0.5) is 0 Å². The molecule has 2 aliphatic rings. The molecule has 4 unspecified atom stereocenters. The fourth-order valence-electron chi connectivity index (χ4n) is 4.96. The molecule has 0 N–H and O–H groups in total. The molecule has 2 saturated carbocycles. The van der Waals surface area contributed by atoms with Crippen LogP contribution >= 0.6 is 11.8 Å². The highest BCUT2D eigenvalue weighted by molar-refractivity contribution is 7.99. The third-order valence-corrected chi connectivity index (χ3v) is 7.20. The Labute approximate surface area is 168 Å². The lowest BCUT2D eigenvalue weighted by atomic mass is 9.84. The van der Waals surface area contributed by atoms with Gasteiger partial charge in [-0.3, -0.25) is 4.57 Å². The van der Waals surface area contributed by atoms with Crippen LogP contribution in [0.1, 0.15) is 44.2 Å². The fourth-order valence-corrected chi connectivity index (χ4v) is 5.83. The molecule has 0 saturated heterocycles. The maximum Gasteiger partial charge on any atom is 0.200 e. The summed E-state index contributed by atoms with van der Waals surface area (Å²) >= 11 is 1.49. The maximum absolute atomic E-state index is 8.98. The molecule has 2 aliphatic carbocycles. The maximum atomic E-state index is 8.98. The number of hydrogen-bond acceptors (Lipinski definition) is 6. The van der Waals surface area contributed by atoms with Crippen molar-refractivity contribution < 1.29 is 4.42 Å². The molecule has 3 aromatic heterocycles. The summed E-state index contributed by atoms with van der Waals surface area (Å²) < 4.78 is 7.88. The van der Waals surface area contributed by atoms with Crippen molar-refractivity contribution in [1.82, 2.24) is 19.7 Å². The van der Waals surface area contributed by atoms with Gasteiger partial charge in [0.2, 0.25) is 5.82 Å². The smallest absolute Gasteiger partial charge is 0.200 e. The van der Waals surface area contributed by atoms with Crippen molar-refractivity contribution >= 4 is 11.8 Å². The lowest BCUT2D eigenvalue weighted by Gasteiger charge is -2.30. The van der Waals surface area contributed by atoms with E-state index < -0.39 is 0 Å². The number of nitrogens with zero attached hydrogens (tertiary/aromatic N) is 5. The SMILES string of the molecule is CC(C1CC2CCC1C2)n1c(Sc2ccc(C#N)cn2)nnc1-c1ccco1. The zero-order valence-electron chi connectivity index (χ0n) is 15.7. The second-order valence-corrected chi connectivity index (χ2v) is 8.82. The number of nitriles is 1. The minimum absolute atomic E-state index is 0.297. The molecule has 2 bridgehead atoms. The summed E-state index contributed by atoms with van der Waals surface area (Å²) in [6.07, 6.45) is 8.66. The average molecular weight is 392 g/mol. The predicted octanol–water partition coefficient (Wildman–Crippen LogP) is 4.95. The van der Waals surface area contributed by atoms with Crippen molar-refractivity contribution in [2.75, 3.05) is 0 Å². The number of aromatic nitrogens is 4. The van der Waals surface area contributed by atoms with Gasteiger partial charge in [-0.15, -0.1) is 10.2 Å². The molecule has 0 amide bonds. The Morgan fingerprint density at radius 1 is 1.25 bits per heavy atom. The van der Waals surface area contributed by atoms with Gasteiger partial charge in [0, 0.05) is 12.2 Å². The van der Waals surface area contributed by atoms with E-state index in [0.717, 1.165) is 33.6 Å². The van der Waals surface area contributed by atoms with Crippen LogP contribution in [0.25, 0.3) is 11.6 Å². The van der Waals surface area contributed by atoms with Gasteiger partial charge in [-0.05, 0) is 80.0 Å². The molecule has 3 heterocycles. The molecule has 0 aromatic carbocycles. The Bertz CT molecular complexity index is 1000. The Hall–Kier alpha value is -2.59. The summed E-state index contributed by atoms with van der Waals surface area (Å²) in [6, 6.07) is 9.86. The van der Waals surface area contributed by atoms with Crippen molar-refractivity contribution in [1.29, 1.82) is 5.26 Å². The summed E-state index contributed by atoms with van der Waals surface area (Å²) in [5, 5.41) is 19.5. The second kappa shape index (κ2) is 7.10. The van der Waals surface area contributed by atoms with E-state index in [9.17, 15) is 0 Å². The van der Waals surface area contributed by atoms with Gasteiger partial charge in [0.05, 0.1) is 11.8 Å². The zero-order valence-corrected chi connectivity index (χ0v) is 16.5.